The second kappa shape index (κ2) is 9.51. The van der Waals surface area contributed by atoms with Gasteiger partial charge < -0.3 is 14.8 Å². The number of allylic oxidation sites excluding steroid dienone is 3. The van der Waals surface area contributed by atoms with Gasteiger partial charge in [-0.25, -0.2) is 0 Å². The van der Waals surface area contributed by atoms with Crippen LogP contribution in [-0.4, -0.2) is 18.3 Å². The van der Waals surface area contributed by atoms with Gasteiger partial charge in [-0.05, 0) is 42.8 Å². The van der Waals surface area contributed by atoms with Crippen LogP contribution in [-0.2, 0) is 11.0 Å². The van der Waals surface area contributed by atoms with Crippen molar-refractivity contribution in [2.24, 2.45) is 0 Å². The summed E-state index contributed by atoms with van der Waals surface area (Å²) in [6.45, 7) is 2.36. The van der Waals surface area contributed by atoms with E-state index in [1.165, 1.54) is 12.2 Å². The molecule has 0 saturated heterocycles. The van der Waals surface area contributed by atoms with Crippen molar-refractivity contribution in [2.45, 2.75) is 25.9 Å². The zero-order valence-corrected chi connectivity index (χ0v) is 16.7. The molecule has 5 nitrogen and oxygen atoms in total. The average molecular weight is 431 g/mol. The minimum atomic E-state index is -4.64. The quantitative estimate of drug-likeness (QED) is 0.635. The van der Waals surface area contributed by atoms with E-state index < -0.39 is 17.6 Å². The summed E-state index contributed by atoms with van der Waals surface area (Å²) < 4.78 is 51.1. The van der Waals surface area contributed by atoms with Crippen LogP contribution in [0.25, 0.3) is 0 Å². The molecule has 2 aromatic rings. The zero-order valence-electron chi connectivity index (χ0n) is 16.7. The number of ether oxygens (including phenoxy) is 2. The lowest BCUT2D eigenvalue weighted by Crippen LogP contribution is -2.24. The smallest absolute Gasteiger partial charge is 0.416 e. The molecule has 0 heterocycles. The number of alkyl halides is 3. The minimum Gasteiger partial charge on any atom is -0.490 e. The Morgan fingerprint density at radius 1 is 1.10 bits per heavy atom. The number of amides is 1. The monoisotopic (exact) mass is 431 g/mol. The number of nitrogens with one attached hydrogen (secondary N) is 1. The van der Waals surface area contributed by atoms with Gasteiger partial charge in [0.25, 0.3) is 5.91 Å². The van der Waals surface area contributed by atoms with Gasteiger partial charge in [-0.2, -0.15) is 13.2 Å². The van der Waals surface area contributed by atoms with Gasteiger partial charge in [0.15, 0.2) is 17.3 Å². The molecule has 162 valence electrons. The van der Waals surface area contributed by atoms with E-state index in [0.717, 1.165) is 24.6 Å². The highest BCUT2D eigenvalue weighted by atomic mass is 19.4. The maximum atomic E-state index is 13.2. The van der Waals surface area contributed by atoms with E-state index in [1.807, 2.05) is 6.92 Å². The topological polar surface area (TPSA) is 64.6 Å². The fourth-order valence-electron chi connectivity index (χ4n) is 2.82. The van der Waals surface area contributed by atoms with E-state index in [2.05, 4.69) is 5.32 Å². The average Bonchev–Trinajstić information content (AvgIpc) is 2.72. The lowest BCUT2D eigenvalue weighted by molar-refractivity contribution is -0.137. The molecule has 0 aromatic heterocycles. The number of benzene rings is 2. The third-order valence-corrected chi connectivity index (χ3v) is 4.27. The van der Waals surface area contributed by atoms with Crippen molar-refractivity contribution in [1.82, 2.24) is 5.32 Å². The van der Waals surface area contributed by atoms with E-state index >= 15 is 0 Å². The summed E-state index contributed by atoms with van der Waals surface area (Å²) >= 11 is 0. The molecule has 1 aliphatic rings. The highest BCUT2D eigenvalue weighted by molar-refractivity contribution is 6.00. The number of para-hydroxylation sites is 2. The van der Waals surface area contributed by atoms with Crippen LogP contribution >= 0.6 is 0 Å². The lowest BCUT2D eigenvalue weighted by Gasteiger charge is -2.17. The van der Waals surface area contributed by atoms with Crippen molar-refractivity contribution in [3.8, 4) is 17.2 Å². The number of ketones is 1. The van der Waals surface area contributed by atoms with Crippen LogP contribution in [0.2, 0.25) is 0 Å². The van der Waals surface area contributed by atoms with Gasteiger partial charge in [-0.15, -0.1) is 0 Å². The molecule has 2 aromatic carbocycles. The maximum absolute atomic E-state index is 13.2. The highest BCUT2D eigenvalue weighted by Gasteiger charge is 2.32. The molecule has 1 N–H and O–H groups in total. The number of carbonyl (C=O) groups is 2. The number of hydrogen-bond donors (Lipinski definition) is 1. The molecule has 1 aliphatic carbocycles. The summed E-state index contributed by atoms with van der Waals surface area (Å²) in [4.78, 5) is 24.3. The molecule has 0 unspecified atom stereocenters. The summed E-state index contributed by atoms with van der Waals surface area (Å²) in [6.07, 6.45) is 0.606. The van der Waals surface area contributed by atoms with Crippen molar-refractivity contribution in [2.75, 3.05) is 6.61 Å². The number of hydrogen-bond acceptors (Lipinski definition) is 4. The molecule has 0 bridgehead atoms. The predicted molar refractivity (Wildman–Crippen MR) is 108 cm³/mol. The largest absolute Gasteiger partial charge is 0.490 e. The standard InChI is InChI=1S/C23H20F3NO4/c1-2-12-30-20-8-3-4-9-21(20)31-19-11-10-15(23(24,25)26)13-18(19)22(29)27-16-6-5-7-17(28)14-16/h3-6,8-11,13-14H,2,7,12H2,1H3,(H,27,29). The summed E-state index contributed by atoms with van der Waals surface area (Å²) in [5.41, 5.74) is -1.13. The number of carbonyl (C=O) groups excluding carboxylic acids is 2. The minimum absolute atomic E-state index is 0.0789. The van der Waals surface area contributed by atoms with E-state index in [0.29, 0.717) is 12.4 Å². The van der Waals surface area contributed by atoms with Crippen LogP contribution in [0.15, 0.2) is 66.4 Å². The van der Waals surface area contributed by atoms with E-state index in [9.17, 15) is 22.8 Å². The number of rotatable bonds is 7. The Morgan fingerprint density at radius 2 is 1.84 bits per heavy atom. The van der Waals surface area contributed by atoms with Gasteiger partial charge in [0.1, 0.15) is 5.75 Å². The predicted octanol–water partition coefficient (Wildman–Crippen LogP) is 5.43. The maximum Gasteiger partial charge on any atom is 0.416 e. The first-order valence-electron chi connectivity index (χ1n) is 9.61. The molecule has 31 heavy (non-hydrogen) atoms. The van der Waals surface area contributed by atoms with E-state index in [4.69, 9.17) is 9.47 Å². The first kappa shape index (κ1) is 22.1. The Morgan fingerprint density at radius 3 is 2.52 bits per heavy atom. The van der Waals surface area contributed by atoms with Crippen molar-refractivity contribution >= 4 is 11.7 Å². The first-order valence-corrected chi connectivity index (χ1v) is 9.61. The van der Waals surface area contributed by atoms with Gasteiger partial charge in [-0.3, -0.25) is 9.59 Å². The van der Waals surface area contributed by atoms with Crippen LogP contribution < -0.4 is 14.8 Å². The molecule has 3 rings (SSSR count). The summed E-state index contributed by atoms with van der Waals surface area (Å²) in [6, 6.07) is 9.32. The molecule has 0 radical (unpaired) electrons. The van der Waals surface area contributed by atoms with Crippen molar-refractivity contribution in [1.29, 1.82) is 0 Å². The second-order valence-electron chi connectivity index (χ2n) is 6.73. The van der Waals surface area contributed by atoms with Crippen LogP contribution in [0.4, 0.5) is 13.2 Å². The van der Waals surface area contributed by atoms with Gasteiger partial charge in [0, 0.05) is 18.2 Å². The highest BCUT2D eigenvalue weighted by Crippen LogP contribution is 2.37. The van der Waals surface area contributed by atoms with E-state index in [1.54, 1.807) is 30.3 Å². The Kier molecular flexibility index (Phi) is 6.79. The van der Waals surface area contributed by atoms with Crippen molar-refractivity contribution < 1.29 is 32.2 Å². The molecule has 0 aliphatic heterocycles. The molecule has 0 saturated carbocycles. The fourth-order valence-corrected chi connectivity index (χ4v) is 2.82. The summed E-state index contributed by atoms with van der Waals surface area (Å²) in [7, 11) is 0. The van der Waals surface area contributed by atoms with Gasteiger partial charge in [-0.1, -0.05) is 25.1 Å². The normalized spacial score (nSPS) is 13.5. The summed E-state index contributed by atoms with van der Waals surface area (Å²) in [5, 5.41) is 2.46. The summed E-state index contributed by atoms with van der Waals surface area (Å²) in [5.74, 6) is -0.473. The van der Waals surface area contributed by atoms with Crippen LogP contribution in [0.3, 0.4) is 0 Å². The van der Waals surface area contributed by atoms with E-state index in [-0.39, 0.29) is 35.0 Å². The third-order valence-electron chi connectivity index (χ3n) is 4.27. The van der Waals surface area contributed by atoms with Gasteiger partial charge >= 0.3 is 6.18 Å². The number of halogens is 3. The second-order valence-corrected chi connectivity index (χ2v) is 6.73. The van der Waals surface area contributed by atoms with Crippen LogP contribution in [0.5, 0.6) is 17.2 Å². The molecule has 8 heteroatoms. The molecule has 0 fully saturated rings. The Bertz CT molecular complexity index is 1040. The molecular weight excluding hydrogens is 411 g/mol. The van der Waals surface area contributed by atoms with Gasteiger partial charge in [0.2, 0.25) is 0 Å². The Hall–Kier alpha value is -3.55. The Labute approximate surface area is 177 Å². The van der Waals surface area contributed by atoms with Crippen molar-refractivity contribution in [3.05, 3.63) is 77.5 Å². The lowest BCUT2D eigenvalue weighted by atomic mass is 10.1. The SMILES string of the molecule is CCCOc1ccccc1Oc1ccc(C(F)(F)F)cc1C(=O)NC1=CC(=O)CC=C1. The molecule has 0 atom stereocenters. The zero-order chi connectivity index (χ0) is 22.4. The van der Waals surface area contributed by atoms with Crippen LogP contribution in [0, 0.1) is 0 Å². The van der Waals surface area contributed by atoms with Gasteiger partial charge in [0.05, 0.1) is 17.7 Å². The molecule has 0 spiro atoms. The first-order chi connectivity index (χ1) is 14.8. The third kappa shape index (κ3) is 5.75. The molecular formula is C23H20F3NO4. The van der Waals surface area contributed by atoms with Crippen LogP contribution in [0.1, 0.15) is 35.7 Å². The van der Waals surface area contributed by atoms with Crippen molar-refractivity contribution in [3.63, 3.8) is 0 Å². The Balaban J connectivity index is 1.96. The fraction of sp³-hybridized carbons (Fsp3) is 0.217. The molecule has 1 amide bonds.